The van der Waals surface area contributed by atoms with E-state index in [4.69, 9.17) is 9.47 Å². The van der Waals surface area contributed by atoms with E-state index in [1.165, 1.54) is 24.3 Å². The number of non-ortho nitro benzene ring substituents is 1. The van der Waals surface area contributed by atoms with Crippen molar-refractivity contribution in [3.63, 3.8) is 0 Å². The Balaban J connectivity index is 1.36. The first kappa shape index (κ1) is 24.1. The van der Waals surface area contributed by atoms with Crippen molar-refractivity contribution in [2.24, 2.45) is 0 Å². The second-order valence-electron chi connectivity index (χ2n) is 7.90. The van der Waals surface area contributed by atoms with Crippen LogP contribution in [0.3, 0.4) is 0 Å². The van der Waals surface area contributed by atoms with Crippen LogP contribution in [-0.4, -0.2) is 61.6 Å². The molecule has 4 rings (SSSR count). The number of amides is 2. The van der Waals surface area contributed by atoms with Gasteiger partial charge in [-0.3, -0.25) is 23.9 Å². The number of fused-ring (bicyclic) bond motifs is 1. The minimum absolute atomic E-state index is 0.0291. The van der Waals surface area contributed by atoms with Crippen molar-refractivity contribution >= 4 is 34.3 Å². The van der Waals surface area contributed by atoms with Gasteiger partial charge in [-0.1, -0.05) is 24.8 Å². The number of para-hydroxylation sites is 1. The molecule has 2 aromatic rings. The summed E-state index contributed by atoms with van der Waals surface area (Å²) in [6.45, 7) is 3.28. The van der Waals surface area contributed by atoms with Gasteiger partial charge in [-0.2, -0.15) is 0 Å². The van der Waals surface area contributed by atoms with Crippen LogP contribution in [0.2, 0.25) is 0 Å². The van der Waals surface area contributed by atoms with Gasteiger partial charge in [0.25, 0.3) is 11.6 Å². The molecule has 35 heavy (non-hydrogen) atoms. The van der Waals surface area contributed by atoms with E-state index in [2.05, 4.69) is 11.9 Å². The highest BCUT2D eigenvalue weighted by Crippen LogP contribution is 2.34. The van der Waals surface area contributed by atoms with Gasteiger partial charge in [0.05, 0.1) is 15.7 Å². The summed E-state index contributed by atoms with van der Waals surface area (Å²) in [6, 6.07) is 11.9. The Hall–Kier alpha value is -4.06. The van der Waals surface area contributed by atoms with E-state index in [1.54, 1.807) is 30.3 Å². The molecule has 0 aliphatic carbocycles. The van der Waals surface area contributed by atoms with Crippen LogP contribution >= 0.6 is 0 Å². The molecule has 0 spiro atoms. The molecule has 0 bridgehead atoms. The zero-order chi connectivity index (χ0) is 25.1. The Bertz CT molecular complexity index is 1200. The number of benzene rings is 2. The highest BCUT2D eigenvalue weighted by Gasteiger charge is 2.59. The summed E-state index contributed by atoms with van der Waals surface area (Å²) in [5, 5.41) is 12.4. The Morgan fingerprint density at radius 1 is 1.17 bits per heavy atom. The van der Waals surface area contributed by atoms with Crippen molar-refractivity contribution in [3.8, 4) is 5.75 Å². The lowest BCUT2D eigenvalue weighted by Gasteiger charge is -2.52. The van der Waals surface area contributed by atoms with Gasteiger partial charge in [-0.25, -0.2) is 4.79 Å². The molecule has 0 aromatic heterocycles. The lowest BCUT2D eigenvalue weighted by Crippen LogP contribution is -2.77. The van der Waals surface area contributed by atoms with E-state index >= 15 is 0 Å². The molecule has 2 aliphatic rings. The first-order chi connectivity index (χ1) is 16.8. The van der Waals surface area contributed by atoms with E-state index in [0.29, 0.717) is 11.3 Å². The van der Waals surface area contributed by atoms with Gasteiger partial charge in [0, 0.05) is 17.9 Å². The van der Waals surface area contributed by atoms with E-state index in [9.17, 15) is 28.7 Å². The molecule has 4 atom stereocenters. The molecular formula is C23H21N3O8S. The zero-order valence-electron chi connectivity index (χ0n) is 18.3. The average Bonchev–Trinajstić information content (AvgIpc) is 2.85. The van der Waals surface area contributed by atoms with Crippen molar-refractivity contribution in [1.82, 2.24) is 10.2 Å². The molecule has 182 valence electrons. The molecule has 12 heteroatoms. The highest BCUT2D eigenvalue weighted by atomic mass is 32.2. The maximum Gasteiger partial charge on any atom is 0.333 e. The number of ether oxygens (including phenoxy) is 2. The van der Waals surface area contributed by atoms with Crippen LogP contribution in [0, 0.1) is 10.1 Å². The van der Waals surface area contributed by atoms with Gasteiger partial charge < -0.3 is 19.7 Å². The molecule has 11 nitrogen and oxygen atoms in total. The molecule has 0 saturated carbocycles. The van der Waals surface area contributed by atoms with E-state index in [1.807, 2.05) is 0 Å². The first-order valence-corrected chi connectivity index (χ1v) is 11.9. The average molecular weight is 500 g/mol. The fraction of sp³-hybridized carbons (Fsp3) is 0.261. The second-order valence-corrected chi connectivity index (χ2v) is 9.43. The summed E-state index contributed by atoms with van der Waals surface area (Å²) in [4.78, 5) is 49.2. The third-order valence-corrected chi connectivity index (χ3v) is 7.22. The Kier molecular flexibility index (Phi) is 6.92. The van der Waals surface area contributed by atoms with E-state index < -0.39 is 51.0 Å². The first-order valence-electron chi connectivity index (χ1n) is 10.5. The maximum absolute atomic E-state index is 12.8. The molecule has 0 radical (unpaired) electrons. The minimum Gasteiger partial charge on any atom is -0.484 e. The van der Waals surface area contributed by atoms with Gasteiger partial charge in [-0.05, 0) is 35.4 Å². The molecule has 2 fully saturated rings. The van der Waals surface area contributed by atoms with E-state index in [0.717, 1.165) is 4.90 Å². The highest BCUT2D eigenvalue weighted by molar-refractivity contribution is 7.86. The summed E-state index contributed by atoms with van der Waals surface area (Å²) >= 11 is 0. The monoisotopic (exact) mass is 499 g/mol. The SMILES string of the molecule is C=C1C[S@](=O)[C@@H]2[C@@H](NC(=O)COc3ccccc3)C(=O)N2[C@@H]1C(=O)OCc1ccc([N+](=O)[O-])cc1. The largest absolute Gasteiger partial charge is 0.484 e. The number of hydrogen-bond acceptors (Lipinski definition) is 8. The number of esters is 1. The fourth-order valence-electron chi connectivity index (χ4n) is 3.82. The number of carbonyl (C=O) groups is 3. The molecule has 1 N–H and O–H groups in total. The van der Waals surface area contributed by atoms with Crippen molar-refractivity contribution in [2.45, 2.75) is 24.1 Å². The Morgan fingerprint density at radius 3 is 2.51 bits per heavy atom. The van der Waals surface area contributed by atoms with E-state index in [-0.39, 0.29) is 30.2 Å². The van der Waals surface area contributed by atoms with Crippen LogP contribution in [0.1, 0.15) is 5.56 Å². The topological polar surface area (TPSA) is 145 Å². The number of carbonyl (C=O) groups excluding carboxylic acids is 3. The lowest BCUT2D eigenvalue weighted by atomic mass is 9.98. The molecule has 2 aromatic carbocycles. The summed E-state index contributed by atoms with van der Waals surface area (Å²) in [7, 11) is -1.57. The van der Waals surface area contributed by atoms with Crippen molar-refractivity contribution in [3.05, 3.63) is 82.4 Å². The summed E-state index contributed by atoms with van der Waals surface area (Å²) < 4.78 is 23.4. The summed E-state index contributed by atoms with van der Waals surface area (Å²) in [5.41, 5.74) is 0.683. The number of nitro groups is 1. The third-order valence-electron chi connectivity index (χ3n) is 5.52. The Morgan fingerprint density at radius 2 is 1.86 bits per heavy atom. The predicted octanol–water partition coefficient (Wildman–Crippen LogP) is 1.06. The molecule has 2 aliphatic heterocycles. The molecule has 2 saturated heterocycles. The predicted molar refractivity (Wildman–Crippen MR) is 123 cm³/mol. The molecule has 0 unspecified atom stereocenters. The van der Waals surface area contributed by atoms with Crippen LogP contribution in [0.4, 0.5) is 5.69 Å². The maximum atomic E-state index is 12.8. The van der Waals surface area contributed by atoms with Crippen LogP contribution in [-0.2, 0) is 36.5 Å². The number of hydrogen-bond donors (Lipinski definition) is 1. The second kappa shape index (κ2) is 10.1. The Labute approximate surface area is 202 Å². The van der Waals surface area contributed by atoms with Crippen molar-refractivity contribution in [2.75, 3.05) is 12.4 Å². The number of nitrogens with zero attached hydrogens (tertiary/aromatic N) is 2. The lowest BCUT2D eigenvalue weighted by molar-refractivity contribution is -0.384. The van der Waals surface area contributed by atoms with Gasteiger partial charge in [0.15, 0.2) is 12.6 Å². The van der Waals surface area contributed by atoms with Gasteiger partial charge in [0.2, 0.25) is 5.91 Å². The minimum atomic E-state index is -1.57. The van der Waals surface area contributed by atoms with Gasteiger partial charge >= 0.3 is 5.97 Å². The van der Waals surface area contributed by atoms with Gasteiger partial charge in [0.1, 0.15) is 23.8 Å². The van der Waals surface area contributed by atoms with Crippen LogP contribution < -0.4 is 10.1 Å². The number of nitrogens with one attached hydrogen (secondary N) is 1. The van der Waals surface area contributed by atoms with Crippen LogP contribution in [0.25, 0.3) is 0 Å². The summed E-state index contributed by atoms with van der Waals surface area (Å²) in [5.74, 6) is -1.45. The van der Waals surface area contributed by atoms with Crippen LogP contribution in [0.5, 0.6) is 5.75 Å². The smallest absolute Gasteiger partial charge is 0.333 e. The third kappa shape index (κ3) is 5.06. The normalized spacial score (nSPS) is 23.0. The van der Waals surface area contributed by atoms with Crippen LogP contribution in [0.15, 0.2) is 66.7 Å². The molecule has 2 amide bonds. The zero-order valence-corrected chi connectivity index (χ0v) is 19.1. The number of β-lactam (4-membered cyclic amide) rings is 1. The van der Waals surface area contributed by atoms with Crippen molar-refractivity contribution in [1.29, 1.82) is 0 Å². The standard InChI is InChI=1S/C23H21N3O8S/c1-14-13-35(32)22-19(24-18(27)12-33-17-5-3-2-4-6-17)21(28)25(22)20(14)23(29)34-11-15-7-9-16(10-8-15)26(30)31/h2-10,19-20,22H,1,11-13H2,(H,24,27)/t19-,20-,22+,35-/m0/s1. The fourth-order valence-corrected chi connectivity index (χ4v) is 5.49. The number of rotatable bonds is 8. The molecular weight excluding hydrogens is 478 g/mol. The van der Waals surface area contributed by atoms with Crippen molar-refractivity contribution < 1.29 is 33.0 Å². The molecule has 2 heterocycles. The van der Waals surface area contributed by atoms with Gasteiger partial charge in [-0.15, -0.1) is 0 Å². The summed E-state index contributed by atoms with van der Waals surface area (Å²) in [6.07, 6.45) is 0. The number of nitro benzene ring substituents is 1. The quantitative estimate of drug-likeness (QED) is 0.187.